The van der Waals surface area contributed by atoms with E-state index in [-0.39, 0.29) is 6.10 Å². The smallest absolute Gasteiger partial charge is 0.0928 e. The second-order valence-electron chi connectivity index (χ2n) is 4.92. The number of fused-ring (bicyclic) bond motifs is 1. The molecule has 1 aliphatic rings. The number of anilines is 1. The molecule has 0 radical (unpaired) electrons. The Kier molecular flexibility index (Phi) is 5.63. The molecule has 1 atom stereocenters. The lowest BCUT2D eigenvalue weighted by Crippen LogP contribution is -2.31. The average molecular weight is 264 g/mol. The minimum Gasteiger partial charge on any atom is -0.385 e. The van der Waals surface area contributed by atoms with E-state index in [2.05, 4.69) is 28.8 Å². The van der Waals surface area contributed by atoms with Crippen LogP contribution in [0.3, 0.4) is 0 Å². The normalized spacial score (nSPS) is 15.7. The van der Waals surface area contributed by atoms with Gasteiger partial charge in [0.15, 0.2) is 0 Å². The van der Waals surface area contributed by atoms with Crippen LogP contribution in [0.1, 0.15) is 17.5 Å². The molecule has 1 aromatic rings. The van der Waals surface area contributed by atoms with E-state index in [0.717, 1.165) is 19.6 Å². The van der Waals surface area contributed by atoms with E-state index in [1.54, 1.807) is 14.2 Å². The molecule has 0 aliphatic carbocycles. The highest BCUT2D eigenvalue weighted by Crippen LogP contribution is 2.25. The molecular formula is C15H24N2O2. The van der Waals surface area contributed by atoms with Gasteiger partial charge in [0.1, 0.15) is 0 Å². The Morgan fingerprint density at radius 2 is 2.26 bits per heavy atom. The predicted molar refractivity (Wildman–Crippen MR) is 77.6 cm³/mol. The van der Waals surface area contributed by atoms with Crippen LogP contribution in [-0.2, 0) is 22.4 Å². The van der Waals surface area contributed by atoms with Crippen molar-refractivity contribution in [1.82, 2.24) is 5.32 Å². The first-order chi connectivity index (χ1) is 9.35. The van der Waals surface area contributed by atoms with E-state index < -0.39 is 0 Å². The van der Waals surface area contributed by atoms with Crippen molar-refractivity contribution in [3.63, 3.8) is 0 Å². The average Bonchev–Trinajstić information content (AvgIpc) is 2.46. The van der Waals surface area contributed by atoms with Crippen LogP contribution in [0.15, 0.2) is 18.2 Å². The molecule has 4 nitrogen and oxygen atoms in total. The summed E-state index contributed by atoms with van der Waals surface area (Å²) in [5.74, 6) is 0. The lowest BCUT2D eigenvalue weighted by molar-refractivity contribution is 0.0288. The van der Waals surface area contributed by atoms with Crippen LogP contribution in [0.2, 0.25) is 0 Å². The second-order valence-corrected chi connectivity index (χ2v) is 4.92. The Bertz CT molecular complexity index is 396. The lowest BCUT2D eigenvalue weighted by Gasteiger charge is -2.22. The van der Waals surface area contributed by atoms with Crippen LogP contribution >= 0.6 is 0 Å². The standard InChI is InChI=1S/C15H24N2O2/c1-18-11-13(19-2)10-16-9-12-5-3-7-15-14(12)6-4-8-17-15/h3,5,7,13,16-17H,4,6,8-11H2,1-2H3. The molecule has 0 saturated heterocycles. The molecule has 1 aliphatic heterocycles. The number of nitrogens with one attached hydrogen (secondary N) is 2. The van der Waals surface area contributed by atoms with Gasteiger partial charge in [-0.05, 0) is 30.0 Å². The molecule has 19 heavy (non-hydrogen) atoms. The molecule has 1 aromatic carbocycles. The molecule has 2 rings (SSSR count). The Morgan fingerprint density at radius 1 is 1.37 bits per heavy atom. The van der Waals surface area contributed by atoms with Crippen molar-refractivity contribution in [2.75, 3.05) is 39.2 Å². The summed E-state index contributed by atoms with van der Waals surface area (Å²) < 4.78 is 10.5. The highest BCUT2D eigenvalue weighted by Gasteiger charge is 2.12. The number of rotatable bonds is 7. The van der Waals surface area contributed by atoms with Crippen molar-refractivity contribution in [2.24, 2.45) is 0 Å². The summed E-state index contributed by atoms with van der Waals surface area (Å²) in [5.41, 5.74) is 4.14. The van der Waals surface area contributed by atoms with Crippen molar-refractivity contribution in [3.05, 3.63) is 29.3 Å². The number of ether oxygens (including phenoxy) is 2. The van der Waals surface area contributed by atoms with Crippen molar-refractivity contribution in [3.8, 4) is 0 Å². The highest BCUT2D eigenvalue weighted by atomic mass is 16.5. The van der Waals surface area contributed by atoms with E-state index in [0.29, 0.717) is 6.61 Å². The maximum Gasteiger partial charge on any atom is 0.0928 e. The first kappa shape index (κ1) is 14.3. The first-order valence-electron chi connectivity index (χ1n) is 6.92. The van der Waals surface area contributed by atoms with Gasteiger partial charge in [-0.2, -0.15) is 0 Å². The van der Waals surface area contributed by atoms with Crippen LogP contribution in [0.25, 0.3) is 0 Å². The van der Waals surface area contributed by atoms with E-state index in [1.165, 1.54) is 29.7 Å². The zero-order valence-corrected chi connectivity index (χ0v) is 11.9. The monoisotopic (exact) mass is 264 g/mol. The zero-order valence-electron chi connectivity index (χ0n) is 11.9. The number of benzene rings is 1. The van der Waals surface area contributed by atoms with Crippen LogP contribution in [0.4, 0.5) is 5.69 Å². The summed E-state index contributed by atoms with van der Waals surface area (Å²) >= 11 is 0. The third-order valence-electron chi connectivity index (χ3n) is 3.57. The Balaban J connectivity index is 1.89. The zero-order chi connectivity index (χ0) is 13.5. The number of hydrogen-bond acceptors (Lipinski definition) is 4. The second kappa shape index (κ2) is 7.48. The van der Waals surface area contributed by atoms with Crippen LogP contribution in [-0.4, -0.2) is 40.0 Å². The first-order valence-corrected chi connectivity index (χ1v) is 6.92. The Morgan fingerprint density at radius 3 is 3.05 bits per heavy atom. The fourth-order valence-electron chi connectivity index (χ4n) is 2.51. The van der Waals surface area contributed by atoms with Gasteiger partial charge in [-0.1, -0.05) is 12.1 Å². The summed E-state index contributed by atoms with van der Waals surface area (Å²) in [5, 5.41) is 6.92. The summed E-state index contributed by atoms with van der Waals surface area (Å²) in [6, 6.07) is 6.50. The summed E-state index contributed by atoms with van der Waals surface area (Å²) in [6.07, 6.45) is 2.50. The van der Waals surface area contributed by atoms with Gasteiger partial charge in [-0.15, -0.1) is 0 Å². The minimum absolute atomic E-state index is 0.114. The van der Waals surface area contributed by atoms with Crippen molar-refractivity contribution < 1.29 is 9.47 Å². The summed E-state index contributed by atoms with van der Waals surface area (Å²) in [6.45, 7) is 3.40. The van der Waals surface area contributed by atoms with Crippen molar-refractivity contribution in [2.45, 2.75) is 25.5 Å². The summed E-state index contributed by atoms with van der Waals surface area (Å²) in [7, 11) is 3.42. The van der Waals surface area contributed by atoms with Gasteiger partial charge in [0.05, 0.1) is 12.7 Å². The minimum atomic E-state index is 0.114. The van der Waals surface area contributed by atoms with Gasteiger partial charge < -0.3 is 20.1 Å². The molecule has 1 unspecified atom stereocenters. The number of methoxy groups -OCH3 is 2. The molecule has 0 aromatic heterocycles. The molecule has 2 N–H and O–H groups in total. The lowest BCUT2D eigenvalue weighted by atomic mass is 9.97. The van der Waals surface area contributed by atoms with Gasteiger partial charge in [0.2, 0.25) is 0 Å². The van der Waals surface area contributed by atoms with Crippen LogP contribution < -0.4 is 10.6 Å². The maximum atomic E-state index is 5.34. The highest BCUT2D eigenvalue weighted by molar-refractivity contribution is 5.56. The SMILES string of the molecule is COCC(CNCc1cccc2c1CCCN2)OC. The quantitative estimate of drug-likeness (QED) is 0.788. The largest absolute Gasteiger partial charge is 0.385 e. The maximum absolute atomic E-state index is 5.34. The Labute approximate surface area is 115 Å². The van der Waals surface area contributed by atoms with Crippen molar-refractivity contribution >= 4 is 5.69 Å². The topological polar surface area (TPSA) is 42.5 Å². The molecular weight excluding hydrogens is 240 g/mol. The Hall–Kier alpha value is -1.10. The molecule has 0 bridgehead atoms. The van der Waals surface area contributed by atoms with Crippen LogP contribution in [0, 0.1) is 0 Å². The van der Waals surface area contributed by atoms with Gasteiger partial charge in [-0.25, -0.2) is 0 Å². The molecule has 0 saturated carbocycles. The third kappa shape index (κ3) is 3.93. The van der Waals surface area contributed by atoms with E-state index in [1.807, 2.05) is 0 Å². The molecule has 0 amide bonds. The van der Waals surface area contributed by atoms with Gasteiger partial charge in [-0.3, -0.25) is 0 Å². The van der Waals surface area contributed by atoms with Crippen molar-refractivity contribution in [1.29, 1.82) is 0 Å². The predicted octanol–water partition coefficient (Wildman–Crippen LogP) is 1.80. The molecule has 1 heterocycles. The number of hydrogen-bond donors (Lipinski definition) is 2. The fourth-order valence-corrected chi connectivity index (χ4v) is 2.51. The van der Waals surface area contributed by atoms with E-state index >= 15 is 0 Å². The van der Waals surface area contributed by atoms with Crippen LogP contribution in [0.5, 0.6) is 0 Å². The van der Waals surface area contributed by atoms with Gasteiger partial charge >= 0.3 is 0 Å². The van der Waals surface area contributed by atoms with Gasteiger partial charge in [0, 0.05) is 39.5 Å². The molecule has 0 fully saturated rings. The summed E-state index contributed by atoms with van der Waals surface area (Å²) in [4.78, 5) is 0. The fraction of sp³-hybridized carbons (Fsp3) is 0.600. The van der Waals surface area contributed by atoms with E-state index in [4.69, 9.17) is 9.47 Å². The molecule has 4 heteroatoms. The van der Waals surface area contributed by atoms with E-state index in [9.17, 15) is 0 Å². The van der Waals surface area contributed by atoms with Gasteiger partial charge in [0.25, 0.3) is 0 Å². The molecule has 0 spiro atoms. The third-order valence-corrected chi connectivity index (χ3v) is 3.57. The molecule has 106 valence electrons.